The summed E-state index contributed by atoms with van der Waals surface area (Å²) in [4.78, 5) is 11.3. The van der Waals surface area contributed by atoms with Crippen molar-refractivity contribution in [2.45, 2.75) is 63.7 Å². The van der Waals surface area contributed by atoms with Gasteiger partial charge < -0.3 is 20.9 Å². The molecular weight excluding hydrogens is 232 g/mol. The average molecular weight is 258 g/mol. The molecule has 1 amide bonds. The van der Waals surface area contributed by atoms with E-state index >= 15 is 0 Å². The van der Waals surface area contributed by atoms with Crippen molar-refractivity contribution in [3.63, 3.8) is 0 Å². The molecule has 1 fully saturated rings. The van der Waals surface area contributed by atoms with Gasteiger partial charge in [0.25, 0.3) is 0 Å². The standard InChI is InChI=1S/C13H26N2O3/c1-12(2,3)18-8-7-17-10-5-4-6-13(15,9-10)11(14)16/h10H,4-9,15H2,1-3H3,(H2,14,16). The lowest BCUT2D eigenvalue weighted by Gasteiger charge is -2.35. The summed E-state index contributed by atoms with van der Waals surface area (Å²) in [6, 6.07) is 0. The first-order valence-electron chi connectivity index (χ1n) is 6.57. The molecule has 2 atom stereocenters. The number of hydrogen-bond donors (Lipinski definition) is 2. The highest BCUT2D eigenvalue weighted by atomic mass is 16.5. The van der Waals surface area contributed by atoms with Gasteiger partial charge in [0.15, 0.2) is 0 Å². The van der Waals surface area contributed by atoms with Gasteiger partial charge in [-0.1, -0.05) is 0 Å². The molecule has 106 valence electrons. The molecule has 18 heavy (non-hydrogen) atoms. The van der Waals surface area contributed by atoms with Crippen LogP contribution in [0.15, 0.2) is 0 Å². The Morgan fingerprint density at radius 2 is 2.06 bits per heavy atom. The summed E-state index contributed by atoms with van der Waals surface area (Å²) in [7, 11) is 0. The zero-order valence-electron chi connectivity index (χ0n) is 11.7. The first kappa shape index (κ1) is 15.4. The zero-order valence-corrected chi connectivity index (χ0v) is 11.7. The van der Waals surface area contributed by atoms with Crippen LogP contribution in [0, 0.1) is 0 Å². The highest BCUT2D eigenvalue weighted by molar-refractivity contribution is 5.84. The van der Waals surface area contributed by atoms with Crippen LogP contribution in [0.25, 0.3) is 0 Å². The lowest BCUT2D eigenvalue weighted by Crippen LogP contribution is -2.56. The number of hydrogen-bond acceptors (Lipinski definition) is 4. The van der Waals surface area contributed by atoms with E-state index in [2.05, 4.69) is 0 Å². The molecular formula is C13H26N2O3. The summed E-state index contributed by atoms with van der Waals surface area (Å²) in [5, 5.41) is 0. The highest BCUT2D eigenvalue weighted by Crippen LogP contribution is 2.28. The maximum absolute atomic E-state index is 11.3. The van der Waals surface area contributed by atoms with Crippen LogP contribution < -0.4 is 11.5 Å². The van der Waals surface area contributed by atoms with Crippen LogP contribution in [0.3, 0.4) is 0 Å². The molecule has 0 bridgehead atoms. The first-order valence-corrected chi connectivity index (χ1v) is 6.57. The third-order valence-electron chi connectivity index (χ3n) is 3.20. The SMILES string of the molecule is CC(C)(C)OCCOC1CCCC(N)(C(N)=O)C1. The molecule has 0 spiro atoms. The predicted molar refractivity (Wildman–Crippen MR) is 70.0 cm³/mol. The quantitative estimate of drug-likeness (QED) is 0.718. The summed E-state index contributed by atoms with van der Waals surface area (Å²) in [5.41, 5.74) is 10.3. The summed E-state index contributed by atoms with van der Waals surface area (Å²) < 4.78 is 11.3. The second-order valence-electron chi connectivity index (χ2n) is 6.07. The molecule has 0 saturated heterocycles. The molecule has 5 nitrogen and oxygen atoms in total. The third kappa shape index (κ3) is 4.92. The van der Waals surface area contributed by atoms with Crippen LogP contribution in [-0.4, -0.2) is 36.4 Å². The highest BCUT2D eigenvalue weighted by Gasteiger charge is 2.38. The minimum atomic E-state index is -0.895. The van der Waals surface area contributed by atoms with Crippen molar-refractivity contribution in [1.29, 1.82) is 0 Å². The lowest BCUT2D eigenvalue weighted by molar-refractivity contribution is -0.127. The lowest BCUT2D eigenvalue weighted by atomic mass is 9.80. The third-order valence-corrected chi connectivity index (χ3v) is 3.20. The molecule has 0 aromatic heterocycles. The van der Waals surface area contributed by atoms with Crippen LogP contribution in [0.1, 0.15) is 46.5 Å². The van der Waals surface area contributed by atoms with Crippen molar-refractivity contribution in [3.05, 3.63) is 0 Å². The van der Waals surface area contributed by atoms with Crippen LogP contribution in [0.2, 0.25) is 0 Å². The fourth-order valence-electron chi connectivity index (χ4n) is 2.18. The van der Waals surface area contributed by atoms with Crippen molar-refractivity contribution in [2.24, 2.45) is 11.5 Å². The summed E-state index contributed by atoms with van der Waals surface area (Å²) in [6.45, 7) is 7.09. The molecule has 2 unspecified atom stereocenters. The maximum Gasteiger partial charge on any atom is 0.237 e. The maximum atomic E-state index is 11.3. The second-order valence-corrected chi connectivity index (χ2v) is 6.07. The normalized spacial score (nSPS) is 29.2. The van der Waals surface area contributed by atoms with Gasteiger partial charge in [0.2, 0.25) is 5.91 Å². The van der Waals surface area contributed by atoms with E-state index in [1.807, 2.05) is 20.8 Å². The Bertz CT molecular complexity index is 288. The molecule has 0 radical (unpaired) electrons. The topological polar surface area (TPSA) is 87.6 Å². The fourth-order valence-corrected chi connectivity index (χ4v) is 2.18. The summed E-state index contributed by atoms with van der Waals surface area (Å²) in [5.74, 6) is -0.429. The number of carbonyl (C=O) groups excluding carboxylic acids is 1. The van der Waals surface area contributed by atoms with Crippen molar-refractivity contribution in [2.75, 3.05) is 13.2 Å². The fraction of sp³-hybridized carbons (Fsp3) is 0.923. The zero-order chi connectivity index (χ0) is 13.8. The van der Waals surface area contributed by atoms with Gasteiger partial charge in [-0.05, 0) is 40.0 Å². The van der Waals surface area contributed by atoms with E-state index in [1.54, 1.807) is 0 Å². The number of nitrogens with two attached hydrogens (primary N) is 2. The largest absolute Gasteiger partial charge is 0.376 e. The summed E-state index contributed by atoms with van der Waals surface area (Å²) >= 11 is 0. The van der Waals surface area contributed by atoms with Gasteiger partial charge in [-0.25, -0.2) is 0 Å². The summed E-state index contributed by atoms with van der Waals surface area (Å²) in [6.07, 6.45) is 2.99. The van der Waals surface area contributed by atoms with Gasteiger partial charge in [-0.15, -0.1) is 0 Å². The van der Waals surface area contributed by atoms with E-state index in [4.69, 9.17) is 20.9 Å². The van der Waals surface area contributed by atoms with Gasteiger partial charge in [-0.3, -0.25) is 4.79 Å². The van der Waals surface area contributed by atoms with Gasteiger partial charge >= 0.3 is 0 Å². The van der Waals surface area contributed by atoms with E-state index in [9.17, 15) is 4.79 Å². The Balaban J connectivity index is 2.29. The van der Waals surface area contributed by atoms with Crippen LogP contribution in [-0.2, 0) is 14.3 Å². The van der Waals surface area contributed by atoms with E-state index in [1.165, 1.54) is 0 Å². The number of primary amides is 1. The molecule has 0 aliphatic heterocycles. The molecule has 0 aromatic carbocycles. The van der Waals surface area contributed by atoms with Gasteiger partial charge in [0.05, 0.1) is 30.5 Å². The number of ether oxygens (including phenoxy) is 2. The Kier molecular flexibility index (Phi) is 5.13. The van der Waals surface area contributed by atoms with Crippen LogP contribution >= 0.6 is 0 Å². The van der Waals surface area contributed by atoms with Crippen LogP contribution in [0.4, 0.5) is 0 Å². The Hall–Kier alpha value is -0.650. The molecule has 1 aliphatic carbocycles. The van der Waals surface area contributed by atoms with Crippen molar-refractivity contribution in [3.8, 4) is 0 Å². The minimum absolute atomic E-state index is 0.0137. The molecule has 1 rings (SSSR count). The number of carbonyl (C=O) groups is 1. The number of amides is 1. The minimum Gasteiger partial charge on any atom is -0.376 e. The van der Waals surface area contributed by atoms with Gasteiger partial charge in [0, 0.05) is 6.42 Å². The van der Waals surface area contributed by atoms with Crippen molar-refractivity contribution >= 4 is 5.91 Å². The van der Waals surface area contributed by atoms with E-state index in [0.29, 0.717) is 26.1 Å². The van der Waals surface area contributed by atoms with Crippen LogP contribution in [0.5, 0.6) is 0 Å². The predicted octanol–water partition coefficient (Wildman–Crippen LogP) is 0.944. The van der Waals surface area contributed by atoms with Gasteiger partial charge in [-0.2, -0.15) is 0 Å². The van der Waals surface area contributed by atoms with Crippen molar-refractivity contribution in [1.82, 2.24) is 0 Å². The average Bonchev–Trinajstić information content (AvgIpc) is 2.23. The Morgan fingerprint density at radius 1 is 1.39 bits per heavy atom. The van der Waals surface area contributed by atoms with Crippen molar-refractivity contribution < 1.29 is 14.3 Å². The van der Waals surface area contributed by atoms with E-state index in [-0.39, 0.29) is 11.7 Å². The molecule has 5 heteroatoms. The molecule has 0 heterocycles. The Labute approximate surface area is 109 Å². The van der Waals surface area contributed by atoms with Gasteiger partial charge in [0.1, 0.15) is 0 Å². The molecule has 4 N–H and O–H groups in total. The van der Waals surface area contributed by atoms with E-state index < -0.39 is 11.4 Å². The first-order chi connectivity index (χ1) is 8.23. The smallest absolute Gasteiger partial charge is 0.237 e. The monoisotopic (exact) mass is 258 g/mol. The molecule has 1 saturated carbocycles. The molecule has 0 aromatic rings. The van der Waals surface area contributed by atoms with E-state index in [0.717, 1.165) is 12.8 Å². The number of rotatable bonds is 5. The molecule has 1 aliphatic rings. The second kappa shape index (κ2) is 5.99. The Morgan fingerprint density at radius 3 is 2.61 bits per heavy atom.